The smallest absolute Gasteiger partial charge is 0.224 e. The molecule has 134 heavy (non-hydrogen) atoms. The minimum absolute atomic E-state index is 0.0166. The molecule has 21 nitrogen and oxygen atoms in total. The molecule has 0 bridgehead atoms. The van der Waals surface area contributed by atoms with E-state index in [0.29, 0.717) is 34.2 Å². The van der Waals surface area contributed by atoms with Crippen LogP contribution in [0.15, 0.2) is 312 Å². The zero-order valence-corrected chi connectivity index (χ0v) is 99.6. The third-order valence-corrected chi connectivity index (χ3v) is 16.8. The van der Waals surface area contributed by atoms with Gasteiger partial charge < -0.3 is 96.7 Å². The van der Waals surface area contributed by atoms with Crippen LogP contribution in [0.5, 0.6) is 69.0 Å². The quantitative estimate of drug-likeness (QED) is 0.0166. The molecule has 0 unspecified atom stereocenters. The van der Waals surface area contributed by atoms with E-state index in [1.54, 1.807) is 225 Å². The second-order valence-corrected chi connectivity index (χ2v) is 28.4. The maximum absolute atomic E-state index is 12.2. The van der Waals surface area contributed by atoms with Gasteiger partial charge in [-0.05, 0) is 218 Å². The number of alkyl halides is 3. The molecule has 34 heteroatoms. The van der Waals surface area contributed by atoms with Gasteiger partial charge in [0.25, 0.3) is 0 Å². The Morgan fingerprint density at radius 3 is 0.634 bits per heavy atom. The van der Waals surface area contributed by atoms with Crippen LogP contribution in [0.1, 0.15) is 38.1 Å². The van der Waals surface area contributed by atoms with Gasteiger partial charge in [-0.1, -0.05) is 141 Å². The average Bonchev–Trinajstić information content (AvgIpc) is 0.821. The topological polar surface area (TPSA) is 235 Å². The third kappa shape index (κ3) is 96.8. The van der Waals surface area contributed by atoms with Gasteiger partial charge in [0.05, 0.1) is 85.3 Å². The van der Waals surface area contributed by atoms with E-state index in [4.69, 9.17) is 68.3 Å². The number of thiol groups is 6. The summed E-state index contributed by atoms with van der Waals surface area (Å²) in [5.74, 6) is 14.5. The van der Waals surface area contributed by atoms with E-state index in [-0.39, 0.29) is 5.12 Å². The van der Waals surface area contributed by atoms with Crippen molar-refractivity contribution in [2.24, 2.45) is 0 Å². The highest BCUT2D eigenvalue weighted by atomic mass is 79.9. The molecule has 0 aliphatic rings. The van der Waals surface area contributed by atoms with Gasteiger partial charge in [0, 0.05) is 155 Å². The number of nitrogen functional groups attached to an aromatic ring is 2. The van der Waals surface area contributed by atoms with Crippen LogP contribution < -0.4 is 68.3 Å². The van der Waals surface area contributed by atoms with Crippen LogP contribution in [0.25, 0.3) is 0 Å². The molecule has 0 fully saturated rings. The van der Waals surface area contributed by atoms with Gasteiger partial charge in [-0.15, -0.1) is 115 Å². The summed E-state index contributed by atoms with van der Waals surface area (Å²) in [6.07, 6.45) is 3.50. The van der Waals surface area contributed by atoms with Crippen LogP contribution in [0.3, 0.4) is 0 Å². The summed E-state index contributed by atoms with van der Waals surface area (Å²) in [6.45, 7) is 26.5. The summed E-state index contributed by atoms with van der Waals surface area (Å²) in [5, 5.41) is -0.0166. The molecule has 0 aromatic heterocycles. The first-order chi connectivity index (χ1) is 64.3. The predicted octanol–water partition coefficient (Wildman–Crippen LogP) is 30.0. The molecule has 760 valence electrons. The Bertz CT molecular complexity index is 3740. The minimum Gasteiger partial charge on any atom is -0.497 e. The van der Waals surface area contributed by atoms with Crippen LogP contribution in [-0.4, -0.2) is 193 Å². The van der Waals surface area contributed by atoms with E-state index in [9.17, 15) is 4.79 Å². The second kappa shape index (κ2) is 122. The van der Waals surface area contributed by atoms with Crippen molar-refractivity contribution in [3.63, 3.8) is 0 Å². The first-order valence-electron chi connectivity index (χ1n) is 38.5. The summed E-state index contributed by atoms with van der Waals surface area (Å²) < 4.78 is 88.3. The molecule has 10 aromatic carbocycles. The van der Waals surface area contributed by atoms with E-state index in [0.717, 1.165) is 111 Å². The third-order valence-electron chi connectivity index (χ3n) is 11.9. The largest absolute Gasteiger partial charge is 0.497 e. The lowest BCUT2D eigenvalue weighted by molar-refractivity contribution is 0.108. The molecule has 10 rings (SSSR count). The van der Waals surface area contributed by atoms with Crippen molar-refractivity contribution in [3.05, 3.63) is 283 Å². The molecular weight excluding hydrogens is 2240 g/mol. The molecule has 0 saturated heterocycles. The molecule has 0 aliphatic carbocycles. The van der Waals surface area contributed by atoms with E-state index in [1.165, 1.54) is 0 Å². The number of carbonyl (C=O) groups excluding carboxylic acids is 1. The van der Waals surface area contributed by atoms with Crippen LogP contribution in [0.4, 0.5) is 11.4 Å². The number of allylic oxidation sites excluding steroid dienone is 2. The Balaban J connectivity index is -0.000000108. The van der Waals surface area contributed by atoms with Crippen molar-refractivity contribution in [1.29, 1.82) is 0 Å². The summed E-state index contributed by atoms with van der Waals surface area (Å²) in [7, 11) is 38.9. The van der Waals surface area contributed by atoms with Crippen molar-refractivity contribution in [3.8, 4) is 69.0 Å². The number of halogens is 6. The van der Waals surface area contributed by atoms with Crippen molar-refractivity contribution < 1.29 is 90.1 Å². The molecule has 4 N–H and O–H groups in total. The second-order valence-electron chi connectivity index (χ2n) is 21.9. The zero-order valence-electron chi connectivity index (χ0n) is 83.9. The maximum atomic E-state index is 12.2. The summed E-state index contributed by atoms with van der Waals surface area (Å²) >= 11 is 44.9. The van der Waals surface area contributed by atoms with Gasteiger partial charge in [0.1, 0.15) is 82.4 Å². The van der Waals surface area contributed by atoms with Gasteiger partial charge in [0.15, 0.2) is 0 Å². The molecule has 0 amide bonds. The number of benzene rings is 10. The lowest BCUT2D eigenvalue weighted by Crippen LogP contribution is -1.94. The Kier molecular flexibility index (Phi) is 142. The average molecular weight is 2390 g/mol. The van der Waals surface area contributed by atoms with Gasteiger partial charge in [-0.3, -0.25) is 4.79 Å². The number of thioether (sulfide) groups is 1. The number of ether oxygens (including phenoxy) is 18. The normalized spacial score (nSPS) is 8.14. The van der Waals surface area contributed by atoms with Crippen LogP contribution in [0, 0.1) is 0 Å². The molecule has 0 spiro atoms. The summed E-state index contributed by atoms with van der Waals surface area (Å²) in [5.41, 5.74) is 13.1. The maximum Gasteiger partial charge on any atom is 0.224 e. The van der Waals surface area contributed by atoms with Gasteiger partial charge in [-0.2, -0.15) is 0 Å². The number of methoxy groups -OCH3 is 18. The standard InChI is InChI=1S/C15H13BrO3S.C8H10BrNO2.C8H9BrO2S.C7H9NO.5C7H8OS.2C3H6.6C2H6O.C2H6.2C2H4.3CH3Br/c1-18-12-8-11(9-13(19-2)14(12)16)20-15(17)10-6-4-3-5-7-10;1-11-6-3-5(10)4-7(12-2)8(6)9;1-10-6-3-5(12)4-7(11-2)8(6)9;1-9-7-4-2-3-6(8)5-7;5*1-8-6-3-2-4-7(9)5-6;8*1-3-2;6*1-2/h3-9H,1-2H3;3-4H,10H2,1-2H3;3-4,12H,1-2H3;2-5H,8H2,1H3;5*2-5,9H,1H3;2*3H,1H2,2H3;6*1-2H3;1-2H3;2*1-2H2;3*1H3. The summed E-state index contributed by atoms with van der Waals surface area (Å²) in [6, 6.07) is 65.0. The first kappa shape index (κ1) is 155. The molecule has 0 radical (unpaired) electrons. The van der Waals surface area contributed by atoms with Gasteiger partial charge in [0.2, 0.25) is 5.12 Å². The van der Waals surface area contributed by atoms with E-state index in [1.807, 2.05) is 215 Å². The molecular formula is C100H152Br6N2O19S7. The fourth-order valence-electron chi connectivity index (χ4n) is 7.08. The van der Waals surface area contributed by atoms with Crippen LogP contribution in [0.2, 0.25) is 0 Å². The lowest BCUT2D eigenvalue weighted by Gasteiger charge is -2.10. The first-order valence-corrected chi connectivity index (χ1v) is 49.1. The number of anilines is 2. The van der Waals surface area contributed by atoms with E-state index < -0.39 is 0 Å². The number of hydrogen-bond acceptors (Lipinski definition) is 28. The van der Waals surface area contributed by atoms with Gasteiger partial charge >= 0.3 is 0 Å². The Morgan fingerprint density at radius 1 is 0.276 bits per heavy atom. The lowest BCUT2D eigenvalue weighted by atomic mass is 10.2. The van der Waals surface area contributed by atoms with Crippen molar-refractivity contribution in [2.75, 3.05) is 200 Å². The highest BCUT2D eigenvalue weighted by Gasteiger charge is 2.15. The zero-order chi connectivity index (χ0) is 107. The van der Waals surface area contributed by atoms with E-state index in [2.05, 4.69) is 239 Å². The Morgan fingerprint density at radius 2 is 0.463 bits per heavy atom. The highest BCUT2D eigenvalue weighted by molar-refractivity contribution is 9.11. The van der Waals surface area contributed by atoms with Crippen molar-refractivity contribution in [2.45, 2.75) is 62.0 Å². The highest BCUT2D eigenvalue weighted by Crippen LogP contribution is 2.40. The predicted molar refractivity (Wildman–Crippen MR) is 616 cm³/mol. The fourth-order valence-corrected chi connectivity index (χ4v) is 10.8. The molecule has 0 aliphatic heterocycles. The number of hydrogen-bond donors (Lipinski definition) is 8. The monoisotopic (exact) mass is 2380 g/mol. The Hall–Kier alpha value is -6.88. The number of carbonyl (C=O) groups is 1. The SMILES string of the molecule is C=C.C=C.C=CC.C=CC.CBr.CBr.CBr.CC.COC.COC.COC.COC.COC.COC.COc1cc(N)cc(OC)c1Br.COc1cc(S)cc(OC)c1Br.COc1cc(SC(=O)c2ccccc2)cc(OC)c1Br.COc1cccc(N)c1.COc1cccc(S)c1.COc1cccc(S)c1.COc1cccc(S)c1.COc1cccc(S)c1.COc1cccc(S)c1. The van der Waals surface area contributed by atoms with Crippen LogP contribution >= 0.6 is 183 Å². The van der Waals surface area contributed by atoms with Crippen molar-refractivity contribution >= 4 is 200 Å². The molecule has 0 atom stereocenters. The molecule has 0 saturated carbocycles. The number of rotatable bonds is 14. The van der Waals surface area contributed by atoms with Crippen molar-refractivity contribution in [1.82, 2.24) is 0 Å². The summed E-state index contributed by atoms with van der Waals surface area (Å²) in [4.78, 5) is 18.4. The van der Waals surface area contributed by atoms with Crippen LogP contribution in [-0.2, 0) is 28.4 Å². The number of nitrogens with two attached hydrogens (primary N) is 2. The Labute approximate surface area is 894 Å². The minimum atomic E-state index is -0.0166. The van der Waals surface area contributed by atoms with Gasteiger partial charge in [-0.25, -0.2) is 0 Å². The molecule has 0 heterocycles. The molecule has 10 aromatic rings. The fraction of sp³-hybridized carbons (Fsp3) is 0.310. The van der Waals surface area contributed by atoms with E-state index >= 15 is 0 Å².